The Morgan fingerprint density at radius 1 is 1.07 bits per heavy atom. The van der Waals surface area contributed by atoms with Crippen LogP contribution < -0.4 is 11.1 Å². The Kier molecular flexibility index (Phi) is 6.79. The molecule has 3 N–H and O–H groups in total. The van der Waals surface area contributed by atoms with E-state index in [4.69, 9.17) is 10.5 Å². The minimum absolute atomic E-state index is 0.304. The Morgan fingerprint density at radius 3 is 2.48 bits per heavy atom. The van der Waals surface area contributed by atoms with Crippen molar-refractivity contribution in [3.8, 4) is 0 Å². The van der Waals surface area contributed by atoms with E-state index in [9.17, 15) is 13.2 Å². The van der Waals surface area contributed by atoms with Crippen LogP contribution in [0.1, 0.15) is 29.5 Å². The van der Waals surface area contributed by atoms with Gasteiger partial charge in [0.05, 0.1) is 12.1 Å². The molecule has 2 aromatic carbocycles. The largest absolute Gasteiger partial charge is 0.416 e. The summed E-state index contributed by atoms with van der Waals surface area (Å²) in [4.78, 5) is 4.47. The average molecular weight is 405 g/mol. The highest BCUT2D eigenvalue weighted by Gasteiger charge is 2.37. The van der Waals surface area contributed by atoms with Gasteiger partial charge in [-0.2, -0.15) is 13.2 Å². The number of benzene rings is 2. The summed E-state index contributed by atoms with van der Waals surface area (Å²) in [5, 5.41) is 3.09. The lowest BCUT2D eigenvalue weighted by Crippen LogP contribution is -2.39. The first kappa shape index (κ1) is 21.2. The topological polar surface area (TPSA) is 59.6 Å². The number of hydrogen-bond donors (Lipinski definition) is 2. The first-order chi connectivity index (χ1) is 13.9. The number of hydrogen-bond acceptors (Lipinski definition) is 2. The van der Waals surface area contributed by atoms with Gasteiger partial charge in [-0.1, -0.05) is 48.5 Å². The van der Waals surface area contributed by atoms with Gasteiger partial charge in [-0.3, -0.25) is 4.99 Å². The van der Waals surface area contributed by atoms with Gasteiger partial charge < -0.3 is 15.8 Å². The number of nitrogens with two attached hydrogens (primary N) is 1. The van der Waals surface area contributed by atoms with E-state index in [1.54, 1.807) is 6.07 Å². The van der Waals surface area contributed by atoms with Crippen LogP contribution in [0.4, 0.5) is 13.2 Å². The minimum atomic E-state index is -4.37. The van der Waals surface area contributed by atoms with Crippen molar-refractivity contribution in [2.24, 2.45) is 10.7 Å². The Hall–Kier alpha value is -2.54. The molecule has 3 rings (SSSR count). The summed E-state index contributed by atoms with van der Waals surface area (Å²) in [6.45, 7) is 1.95. The normalized spacial score (nSPS) is 17.1. The van der Waals surface area contributed by atoms with Gasteiger partial charge in [-0.15, -0.1) is 0 Å². The molecule has 29 heavy (non-hydrogen) atoms. The fourth-order valence-corrected chi connectivity index (χ4v) is 3.60. The Bertz CT molecular complexity index is 816. The zero-order valence-corrected chi connectivity index (χ0v) is 16.2. The van der Waals surface area contributed by atoms with E-state index in [1.807, 2.05) is 30.3 Å². The van der Waals surface area contributed by atoms with Crippen LogP contribution >= 0.6 is 0 Å². The molecule has 0 atom stereocenters. The maximum absolute atomic E-state index is 13.2. The predicted molar refractivity (Wildman–Crippen MR) is 108 cm³/mol. The summed E-state index contributed by atoms with van der Waals surface area (Å²) in [5.41, 5.74) is 6.70. The predicted octanol–water partition coefficient (Wildman–Crippen LogP) is 3.90. The maximum atomic E-state index is 13.2. The summed E-state index contributed by atoms with van der Waals surface area (Å²) in [6.07, 6.45) is -2.35. The molecule has 4 nitrogen and oxygen atoms in total. The molecule has 0 bridgehead atoms. The molecular formula is C22H26F3N3O. The molecular weight excluding hydrogens is 379 g/mol. The molecule has 0 amide bonds. The van der Waals surface area contributed by atoms with Crippen molar-refractivity contribution in [1.82, 2.24) is 5.32 Å². The molecule has 1 fully saturated rings. The van der Waals surface area contributed by atoms with Crippen molar-refractivity contribution in [3.63, 3.8) is 0 Å². The van der Waals surface area contributed by atoms with Crippen molar-refractivity contribution >= 4 is 5.96 Å². The van der Waals surface area contributed by atoms with Gasteiger partial charge in [0.2, 0.25) is 0 Å². The van der Waals surface area contributed by atoms with Gasteiger partial charge in [0.25, 0.3) is 0 Å². The summed E-state index contributed by atoms with van der Waals surface area (Å²) in [7, 11) is 0. The van der Waals surface area contributed by atoms with Gasteiger partial charge in [-0.05, 0) is 36.5 Å². The van der Waals surface area contributed by atoms with Crippen LogP contribution in [0.3, 0.4) is 0 Å². The average Bonchev–Trinajstić information content (AvgIpc) is 2.73. The second-order valence-electron chi connectivity index (χ2n) is 7.34. The number of aliphatic imine (C=N–C) groups is 1. The fraction of sp³-hybridized carbons (Fsp3) is 0.409. The monoisotopic (exact) mass is 405 g/mol. The lowest BCUT2D eigenvalue weighted by Gasteiger charge is -2.37. The summed E-state index contributed by atoms with van der Waals surface area (Å²) in [6, 6.07) is 15.6. The molecule has 1 heterocycles. The van der Waals surface area contributed by atoms with Crippen LogP contribution in [0.5, 0.6) is 0 Å². The van der Waals surface area contributed by atoms with E-state index in [2.05, 4.69) is 10.3 Å². The van der Waals surface area contributed by atoms with Gasteiger partial charge in [0.15, 0.2) is 5.96 Å². The number of guanidine groups is 1. The molecule has 1 saturated heterocycles. The van der Waals surface area contributed by atoms with Crippen LogP contribution in [0, 0.1) is 0 Å². The molecule has 0 unspecified atom stereocenters. The van der Waals surface area contributed by atoms with Crippen LogP contribution in [0.25, 0.3) is 0 Å². The molecule has 0 aromatic heterocycles. The van der Waals surface area contributed by atoms with E-state index >= 15 is 0 Å². The van der Waals surface area contributed by atoms with Crippen LogP contribution in [0.15, 0.2) is 59.6 Å². The van der Waals surface area contributed by atoms with Gasteiger partial charge >= 0.3 is 6.18 Å². The molecule has 1 aliphatic heterocycles. The Balaban J connectivity index is 1.69. The molecule has 0 spiro atoms. The number of nitrogens with one attached hydrogen (secondary N) is 1. The summed E-state index contributed by atoms with van der Waals surface area (Å²) < 4.78 is 45.0. The van der Waals surface area contributed by atoms with E-state index < -0.39 is 17.2 Å². The van der Waals surface area contributed by atoms with Gasteiger partial charge in [0, 0.05) is 25.2 Å². The fourth-order valence-electron chi connectivity index (χ4n) is 3.60. The molecule has 0 radical (unpaired) electrons. The molecule has 1 aliphatic rings. The van der Waals surface area contributed by atoms with E-state index in [1.165, 1.54) is 17.7 Å². The highest BCUT2D eigenvalue weighted by Crippen LogP contribution is 2.38. The highest BCUT2D eigenvalue weighted by molar-refractivity contribution is 5.77. The van der Waals surface area contributed by atoms with Crippen LogP contribution in [-0.4, -0.2) is 32.3 Å². The number of alkyl halides is 3. The molecule has 156 valence electrons. The highest BCUT2D eigenvalue weighted by atomic mass is 19.4. The van der Waals surface area contributed by atoms with Crippen molar-refractivity contribution in [2.75, 3.05) is 26.3 Å². The summed E-state index contributed by atoms with van der Waals surface area (Å²) in [5.74, 6) is 0.304. The van der Waals surface area contributed by atoms with Crippen LogP contribution in [0.2, 0.25) is 0 Å². The van der Waals surface area contributed by atoms with Gasteiger partial charge in [-0.25, -0.2) is 0 Å². The third kappa shape index (κ3) is 5.73. The number of rotatable bonds is 6. The second kappa shape index (κ2) is 9.31. The van der Waals surface area contributed by atoms with Crippen molar-refractivity contribution in [2.45, 2.75) is 30.9 Å². The van der Waals surface area contributed by atoms with Crippen molar-refractivity contribution in [1.29, 1.82) is 0 Å². The molecule has 0 aliphatic carbocycles. The van der Waals surface area contributed by atoms with E-state index in [0.29, 0.717) is 50.7 Å². The smallest absolute Gasteiger partial charge is 0.381 e. The third-order valence-corrected chi connectivity index (χ3v) is 5.37. The standard InChI is InChI=1S/C22H26F3N3O/c23-22(24,25)19-8-4-7-18(15-19)21(10-13-29-14-11-21)16-28-20(26)27-12-9-17-5-2-1-3-6-17/h1-8,15H,9-14,16H2,(H3,26,27,28). The Labute approximate surface area is 169 Å². The zero-order valence-electron chi connectivity index (χ0n) is 16.2. The molecule has 2 aromatic rings. The molecule has 0 saturated carbocycles. The van der Waals surface area contributed by atoms with E-state index in [0.717, 1.165) is 12.5 Å². The summed E-state index contributed by atoms with van der Waals surface area (Å²) >= 11 is 0. The lowest BCUT2D eigenvalue weighted by atomic mass is 9.74. The molecule has 7 heteroatoms. The number of halogens is 3. The quantitative estimate of drug-likeness (QED) is 0.566. The Morgan fingerprint density at radius 2 is 1.79 bits per heavy atom. The first-order valence-corrected chi connectivity index (χ1v) is 9.72. The first-order valence-electron chi connectivity index (χ1n) is 9.72. The third-order valence-electron chi connectivity index (χ3n) is 5.37. The maximum Gasteiger partial charge on any atom is 0.416 e. The number of ether oxygens (including phenoxy) is 1. The van der Waals surface area contributed by atoms with E-state index in [-0.39, 0.29) is 0 Å². The minimum Gasteiger partial charge on any atom is -0.381 e. The van der Waals surface area contributed by atoms with Crippen molar-refractivity contribution < 1.29 is 17.9 Å². The lowest BCUT2D eigenvalue weighted by molar-refractivity contribution is -0.137. The van der Waals surface area contributed by atoms with Crippen LogP contribution in [-0.2, 0) is 22.7 Å². The second-order valence-corrected chi connectivity index (χ2v) is 7.34. The SMILES string of the molecule is NC(=NCC1(c2cccc(C(F)(F)F)c2)CCOCC1)NCCc1ccccc1. The zero-order chi connectivity index (χ0) is 20.7. The number of nitrogens with zero attached hydrogens (tertiary/aromatic N) is 1. The van der Waals surface area contributed by atoms with Crippen molar-refractivity contribution in [3.05, 3.63) is 71.3 Å². The van der Waals surface area contributed by atoms with Gasteiger partial charge in [0.1, 0.15) is 0 Å².